The summed E-state index contributed by atoms with van der Waals surface area (Å²) in [7, 11) is 0. The summed E-state index contributed by atoms with van der Waals surface area (Å²) in [6.45, 7) is 3.19. The van der Waals surface area contributed by atoms with Crippen molar-refractivity contribution in [2.24, 2.45) is 0 Å². The van der Waals surface area contributed by atoms with Gasteiger partial charge in [0, 0.05) is 0 Å². The Hall–Kier alpha value is -3.93. The Morgan fingerprint density at radius 3 is 2.09 bits per heavy atom. The third-order valence-electron chi connectivity index (χ3n) is 5.82. The van der Waals surface area contributed by atoms with Crippen LogP contribution >= 0.6 is 0 Å². The third kappa shape index (κ3) is 4.12. The topological polar surface area (TPSA) is 78.5 Å². The zero-order valence-corrected chi connectivity index (χ0v) is 18.0. The average molecular weight is 428 g/mol. The Morgan fingerprint density at radius 1 is 0.906 bits per heavy atom. The van der Waals surface area contributed by atoms with Crippen molar-refractivity contribution in [2.75, 3.05) is 6.54 Å². The minimum atomic E-state index is -1.18. The maximum absolute atomic E-state index is 13.0. The Morgan fingerprint density at radius 2 is 1.47 bits per heavy atom. The molecule has 2 atom stereocenters. The van der Waals surface area contributed by atoms with E-state index in [-0.39, 0.29) is 12.6 Å². The van der Waals surface area contributed by atoms with Gasteiger partial charge in [0.15, 0.2) is 0 Å². The van der Waals surface area contributed by atoms with E-state index in [9.17, 15) is 14.4 Å². The summed E-state index contributed by atoms with van der Waals surface area (Å²) in [5.74, 6) is -0.839. The number of nitrogens with zero attached hydrogens (tertiary/aromatic N) is 1. The summed E-state index contributed by atoms with van der Waals surface area (Å²) in [6.07, 6.45) is 0. The molecule has 1 saturated heterocycles. The number of nitrogens with one attached hydrogen (secondary N) is 2. The standard InChI is InChI=1S/C26H25N3O3/c1-18(19-13-15-21(16-14-19)20-9-5-3-6-10-20)27-23(30)17-29-24(31)26(2,28-25(29)32)22-11-7-4-8-12-22/h3-16,18H,17H2,1-2H3,(H,27,30)(H,28,32). The van der Waals surface area contributed by atoms with Crippen LogP contribution < -0.4 is 10.6 Å². The van der Waals surface area contributed by atoms with Crippen LogP contribution in [0.15, 0.2) is 84.9 Å². The highest BCUT2D eigenvalue weighted by molar-refractivity contribution is 6.09. The summed E-state index contributed by atoms with van der Waals surface area (Å²) >= 11 is 0. The first-order valence-electron chi connectivity index (χ1n) is 10.5. The van der Waals surface area contributed by atoms with Gasteiger partial charge in [0.05, 0.1) is 6.04 Å². The molecule has 3 aromatic rings. The van der Waals surface area contributed by atoms with Crippen molar-refractivity contribution in [1.82, 2.24) is 15.5 Å². The summed E-state index contributed by atoms with van der Waals surface area (Å²) in [6, 6.07) is 26.2. The van der Waals surface area contributed by atoms with Gasteiger partial charge in [-0.15, -0.1) is 0 Å². The van der Waals surface area contributed by atoms with Crippen molar-refractivity contribution < 1.29 is 14.4 Å². The second-order valence-electron chi connectivity index (χ2n) is 8.09. The molecule has 0 aromatic heterocycles. The minimum Gasteiger partial charge on any atom is -0.348 e. The molecule has 1 aliphatic heterocycles. The summed E-state index contributed by atoms with van der Waals surface area (Å²) in [5.41, 5.74) is 2.64. The van der Waals surface area contributed by atoms with Gasteiger partial charge < -0.3 is 10.6 Å². The molecule has 6 heteroatoms. The Balaban J connectivity index is 1.40. The van der Waals surface area contributed by atoms with Crippen LogP contribution in [-0.4, -0.2) is 29.3 Å². The molecule has 2 unspecified atom stereocenters. The molecule has 1 fully saturated rings. The van der Waals surface area contributed by atoms with Gasteiger partial charge in [-0.1, -0.05) is 84.9 Å². The highest BCUT2D eigenvalue weighted by Crippen LogP contribution is 2.28. The normalized spacial score (nSPS) is 18.9. The van der Waals surface area contributed by atoms with E-state index in [0.717, 1.165) is 21.6 Å². The molecule has 4 rings (SSSR count). The molecular weight excluding hydrogens is 402 g/mol. The van der Waals surface area contributed by atoms with Crippen LogP contribution in [0.25, 0.3) is 11.1 Å². The number of imide groups is 1. The van der Waals surface area contributed by atoms with Crippen molar-refractivity contribution >= 4 is 17.8 Å². The number of urea groups is 1. The smallest absolute Gasteiger partial charge is 0.325 e. The number of hydrogen-bond acceptors (Lipinski definition) is 3. The predicted molar refractivity (Wildman–Crippen MR) is 122 cm³/mol. The quantitative estimate of drug-likeness (QED) is 0.584. The average Bonchev–Trinajstić information content (AvgIpc) is 3.04. The van der Waals surface area contributed by atoms with Gasteiger partial charge in [-0.05, 0) is 36.1 Å². The molecule has 1 aliphatic rings. The van der Waals surface area contributed by atoms with E-state index in [0.29, 0.717) is 5.56 Å². The van der Waals surface area contributed by atoms with Crippen LogP contribution in [-0.2, 0) is 15.1 Å². The fraction of sp³-hybridized carbons (Fsp3) is 0.192. The van der Waals surface area contributed by atoms with Crippen molar-refractivity contribution in [3.63, 3.8) is 0 Å². The first kappa shape index (κ1) is 21.3. The fourth-order valence-corrected chi connectivity index (χ4v) is 3.92. The number of hydrogen-bond donors (Lipinski definition) is 2. The van der Waals surface area contributed by atoms with E-state index >= 15 is 0 Å². The molecule has 2 N–H and O–H groups in total. The lowest BCUT2D eigenvalue weighted by molar-refractivity contribution is -0.135. The van der Waals surface area contributed by atoms with Crippen molar-refractivity contribution in [1.29, 1.82) is 0 Å². The molecular formula is C26H25N3O3. The maximum atomic E-state index is 13.0. The molecule has 162 valence electrons. The number of carbonyl (C=O) groups excluding carboxylic acids is 3. The maximum Gasteiger partial charge on any atom is 0.325 e. The first-order valence-corrected chi connectivity index (χ1v) is 10.5. The molecule has 0 bridgehead atoms. The van der Waals surface area contributed by atoms with E-state index < -0.39 is 23.4 Å². The van der Waals surface area contributed by atoms with Crippen molar-refractivity contribution in [3.8, 4) is 11.1 Å². The lowest BCUT2D eigenvalue weighted by Gasteiger charge is -2.22. The van der Waals surface area contributed by atoms with E-state index in [2.05, 4.69) is 10.6 Å². The van der Waals surface area contributed by atoms with Gasteiger partial charge in [0.1, 0.15) is 12.1 Å². The monoisotopic (exact) mass is 427 g/mol. The Kier molecular flexibility index (Phi) is 5.77. The Bertz CT molecular complexity index is 1130. The molecule has 0 spiro atoms. The highest BCUT2D eigenvalue weighted by atomic mass is 16.2. The highest BCUT2D eigenvalue weighted by Gasteiger charge is 2.49. The zero-order valence-electron chi connectivity index (χ0n) is 18.0. The predicted octanol–water partition coefficient (Wildman–Crippen LogP) is 4.00. The van der Waals surface area contributed by atoms with Gasteiger partial charge in [-0.2, -0.15) is 0 Å². The number of rotatable bonds is 6. The molecule has 0 saturated carbocycles. The van der Waals surface area contributed by atoms with E-state index in [1.54, 1.807) is 31.2 Å². The molecule has 1 heterocycles. The second kappa shape index (κ2) is 8.67. The first-order chi connectivity index (χ1) is 15.4. The number of carbonyl (C=O) groups is 3. The van der Waals surface area contributed by atoms with E-state index in [1.807, 2.05) is 67.6 Å². The lowest BCUT2D eigenvalue weighted by atomic mass is 9.92. The third-order valence-corrected chi connectivity index (χ3v) is 5.82. The molecule has 32 heavy (non-hydrogen) atoms. The second-order valence-corrected chi connectivity index (χ2v) is 8.09. The van der Waals surface area contributed by atoms with Crippen LogP contribution in [0.4, 0.5) is 4.79 Å². The van der Waals surface area contributed by atoms with Crippen LogP contribution in [0.5, 0.6) is 0 Å². The minimum absolute atomic E-state index is 0.270. The van der Waals surface area contributed by atoms with E-state index in [1.165, 1.54) is 0 Å². The van der Waals surface area contributed by atoms with Gasteiger partial charge >= 0.3 is 6.03 Å². The molecule has 4 amide bonds. The largest absolute Gasteiger partial charge is 0.348 e. The summed E-state index contributed by atoms with van der Waals surface area (Å²) in [4.78, 5) is 39.0. The fourth-order valence-electron chi connectivity index (χ4n) is 3.92. The molecule has 0 aliphatic carbocycles. The van der Waals surface area contributed by atoms with E-state index in [4.69, 9.17) is 0 Å². The van der Waals surface area contributed by atoms with Gasteiger partial charge in [-0.25, -0.2) is 4.79 Å². The molecule has 6 nitrogen and oxygen atoms in total. The van der Waals surface area contributed by atoms with Crippen LogP contribution in [0.2, 0.25) is 0 Å². The van der Waals surface area contributed by atoms with Crippen LogP contribution in [0.1, 0.15) is 31.0 Å². The summed E-state index contributed by atoms with van der Waals surface area (Å²) < 4.78 is 0. The van der Waals surface area contributed by atoms with Gasteiger partial charge in [0.2, 0.25) is 5.91 Å². The lowest BCUT2D eigenvalue weighted by Crippen LogP contribution is -2.43. The Labute approximate surface area is 187 Å². The van der Waals surface area contributed by atoms with Gasteiger partial charge in [-0.3, -0.25) is 14.5 Å². The zero-order chi connectivity index (χ0) is 22.7. The summed E-state index contributed by atoms with van der Waals surface area (Å²) in [5, 5.41) is 5.59. The number of benzene rings is 3. The van der Waals surface area contributed by atoms with Crippen molar-refractivity contribution in [2.45, 2.75) is 25.4 Å². The van der Waals surface area contributed by atoms with Gasteiger partial charge in [0.25, 0.3) is 5.91 Å². The molecule has 0 radical (unpaired) electrons. The van der Waals surface area contributed by atoms with Crippen LogP contribution in [0.3, 0.4) is 0 Å². The SMILES string of the molecule is CC(NC(=O)CN1C(=O)NC(C)(c2ccccc2)C1=O)c1ccc(-c2ccccc2)cc1. The van der Waals surface area contributed by atoms with Crippen LogP contribution in [0, 0.1) is 0 Å². The molecule has 3 aromatic carbocycles. The van der Waals surface area contributed by atoms with Crippen molar-refractivity contribution in [3.05, 3.63) is 96.1 Å². The number of amides is 4.